The van der Waals surface area contributed by atoms with Gasteiger partial charge in [-0.3, -0.25) is 4.79 Å². The largest absolute Gasteiger partial charge is 0.415 e. The average Bonchev–Trinajstić information content (AvgIpc) is 2.91. The van der Waals surface area contributed by atoms with E-state index in [2.05, 4.69) is 15.5 Å². The molecule has 0 spiro atoms. The Morgan fingerprint density at radius 3 is 2.68 bits per heavy atom. The van der Waals surface area contributed by atoms with Crippen molar-refractivity contribution in [1.82, 2.24) is 10.2 Å². The van der Waals surface area contributed by atoms with Crippen LogP contribution < -0.4 is 5.32 Å². The molecule has 0 atom stereocenters. The van der Waals surface area contributed by atoms with Gasteiger partial charge in [0.15, 0.2) is 0 Å². The first-order valence-electron chi connectivity index (χ1n) is 5.88. The molecular weight excluding hydrogens is 389 g/mol. The lowest BCUT2D eigenvalue weighted by atomic mass is 10.3. The van der Waals surface area contributed by atoms with Crippen molar-refractivity contribution in [3.8, 4) is 0 Å². The van der Waals surface area contributed by atoms with Gasteiger partial charge in [0.05, 0.1) is 32.3 Å². The van der Waals surface area contributed by atoms with E-state index in [1.165, 1.54) is 12.1 Å². The van der Waals surface area contributed by atoms with E-state index in [1.807, 2.05) is 6.26 Å². The maximum Gasteiger partial charge on any atom is 0.277 e. The summed E-state index contributed by atoms with van der Waals surface area (Å²) >= 11 is 20.4. The van der Waals surface area contributed by atoms with Gasteiger partial charge in [-0.1, -0.05) is 46.6 Å². The Labute approximate surface area is 150 Å². The lowest BCUT2D eigenvalue weighted by molar-refractivity contribution is -0.113. The fraction of sp³-hybridized carbons (Fsp3) is 0.250. The second-order valence-electron chi connectivity index (χ2n) is 3.98. The van der Waals surface area contributed by atoms with Gasteiger partial charge in [0.25, 0.3) is 5.22 Å². The van der Waals surface area contributed by atoms with E-state index in [4.69, 9.17) is 39.2 Å². The van der Waals surface area contributed by atoms with Crippen molar-refractivity contribution in [2.45, 2.75) is 11.0 Å². The minimum Gasteiger partial charge on any atom is -0.415 e. The number of hydrogen-bond donors (Lipinski definition) is 1. The van der Waals surface area contributed by atoms with Gasteiger partial charge in [-0.15, -0.1) is 10.2 Å². The summed E-state index contributed by atoms with van der Waals surface area (Å²) in [5.41, 5.74) is 0.398. The summed E-state index contributed by atoms with van der Waals surface area (Å²) in [6.07, 6.45) is 1.94. The van der Waals surface area contributed by atoms with Crippen LogP contribution in [0.4, 0.5) is 5.69 Å². The number of halogens is 3. The third kappa shape index (κ3) is 4.96. The van der Waals surface area contributed by atoms with E-state index >= 15 is 0 Å². The highest BCUT2D eigenvalue weighted by atomic mass is 35.5. The van der Waals surface area contributed by atoms with Crippen molar-refractivity contribution in [3.63, 3.8) is 0 Å². The Hall–Kier alpha value is -0.600. The highest BCUT2D eigenvalue weighted by Gasteiger charge is 2.12. The second-order valence-corrected chi connectivity index (χ2v) is 6.99. The summed E-state index contributed by atoms with van der Waals surface area (Å²) in [7, 11) is 0. The first kappa shape index (κ1) is 17.7. The molecule has 0 fully saturated rings. The number of thioether (sulfide) groups is 2. The fourth-order valence-electron chi connectivity index (χ4n) is 1.41. The molecule has 10 heteroatoms. The normalized spacial score (nSPS) is 10.7. The third-order valence-electron chi connectivity index (χ3n) is 2.33. The molecule has 0 saturated heterocycles. The SMILES string of the molecule is CSCc1nnc(SCC(=O)Nc2cc(Cl)c(Cl)cc2Cl)o1. The van der Waals surface area contributed by atoms with Crippen LogP contribution in [-0.4, -0.2) is 28.1 Å². The molecule has 22 heavy (non-hydrogen) atoms. The number of anilines is 1. The highest BCUT2D eigenvalue weighted by Crippen LogP contribution is 2.32. The third-order valence-corrected chi connectivity index (χ3v) is 4.72. The van der Waals surface area contributed by atoms with E-state index in [-0.39, 0.29) is 11.7 Å². The molecular formula is C12H10Cl3N3O2S2. The van der Waals surface area contributed by atoms with Gasteiger partial charge < -0.3 is 9.73 Å². The molecule has 1 N–H and O–H groups in total. The molecule has 1 amide bonds. The van der Waals surface area contributed by atoms with Crippen LogP contribution in [0.3, 0.4) is 0 Å². The molecule has 1 aromatic heterocycles. The van der Waals surface area contributed by atoms with Crippen molar-refractivity contribution < 1.29 is 9.21 Å². The molecule has 0 aliphatic carbocycles. The summed E-state index contributed by atoms with van der Waals surface area (Å²) in [5.74, 6) is 1.01. The minimum atomic E-state index is -0.269. The zero-order valence-corrected chi connectivity index (χ0v) is 15.1. The Morgan fingerprint density at radius 1 is 1.23 bits per heavy atom. The maximum atomic E-state index is 11.9. The Morgan fingerprint density at radius 2 is 1.95 bits per heavy atom. The van der Waals surface area contributed by atoms with Crippen LogP contribution in [0.25, 0.3) is 0 Å². The molecule has 2 aromatic rings. The fourth-order valence-corrected chi connectivity index (χ4v) is 2.95. The summed E-state index contributed by atoms with van der Waals surface area (Å²) in [4.78, 5) is 11.9. The average molecular weight is 399 g/mol. The molecule has 0 aliphatic rings. The molecule has 2 rings (SSSR count). The number of hydrogen-bond acceptors (Lipinski definition) is 6. The molecule has 1 heterocycles. The van der Waals surface area contributed by atoms with Crippen LogP contribution in [0.5, 0.6) is 0 Å². The second kappa shape index (κ2) is 8.31. The van der Waals surface area contributed by atoms with Crippen LogP contribution >= 0.6 is 58.3 Å². The van der Waals surface area contributed by atoms with Crippen molar-refractivity contribution in [3.05, 3.63) is 33.1 Å². The summed E-state index contributed by atoms with van der Waals surface area (Å²) < 4.78 is 5.36. The Balaban J connectivity index is 1.91. The summed E-state index contributed by atoms with van der Waals surface area (Å²) in [6, 6.07) is 2.97. The Kier molecular flexibility index (Phi) is 6.70. The van der Waals surface area contributed by atoms with Crippen molar-refractivity contribution in [2.24, 2.45) is 0 Å². The van der Waals surface area contributed by atoms with Gasteiger partial charge in [0.2, 0.25) is 11.8 Å². The zero-order valence-electron chi connectivity index (χ0n) is 11.2. The number of benzene rings is 1. The molecule has 0 aliphatic heterocycles. The molecule has 1 aromatic carbocycles. The van der Waals surface area contributed by atoms with E-state index in [1.54, 1.807) is 11.8 Å². The van der Waals surface area contributed by atoms with Crippen LogP contribution in [0.15, 0.2) is 21.8 Å². The smallest absolute Gasteiger partial charge is 0.277 e. The molecule has 0 saturated carbocycles. The number of rotatable bonds is 6. The standard InChI is InChI=1S/C12H10Cl3N3O2S2/c1-21-5-11-17-18-12(20-11)22-4-10(19)16-9-3-7(14)6(13)2-8(9)15/h2-3H,4-5H2,1H3,(H,16,19). The van der Waals surface area contributed by atoms with Gasteiger partial charge in [-0.25, -0.2) is 0 Å². The number of carbonyl (C=O) groups is 1. The molecule has 0 unspecified atom stereocenters. The predicted molar refractivity (Wildman–Crippen MR) is 92.3 cm³/mol. The van der Waals surface area contributed by atoms with Crippen LogP contribution in [-0.2, 0) is 10.5 Å². The van der Waals surface area contributed by atoms with Crippen LogP contribution in [0, 0.1) is 0 Å². The number of amides is 1. The van der Waals surface area contributed by atoms with Gasteiger partial charge in [0, 0.05) is 0 Å². The predicted octanol–water partition coefficient (Wildman–Crippen LogP) is 4.62. The molecule has 0 bridgehead atoms. The van der Waals surface area contributed by atoms with Crippen molar-refractivity contribution in [2.75, 3.05) is 17.3 Å². The van der Waals surface area contributed by atoms with Gasteiger partial charge in [-0.2, -0.15) is 11.8 Å². The van der Waals surface area contributed by atoms with E-state index < -0.39 is 0 Å². The van der Waals surface area contributed by atoms with E-state index in [0.29, 0.717) is 37.6 Å². The number of nitrogens with one attached hydrogen (secondary N) is 1. The van der Waals surface area contributed by atoms with Crippen LogP contribution in [0.1, 0.15) is 5.89 Å². The quantitative estimate of drug-likeness (QED) is 0.565. The maximum absolute atomic E-state index is 11.9. The van der Waals surface area contributed by atoms with E-state index in [9.17, 15) is 4.79 Å². The van der Waals surface area contributed by atoms with Gasteiger partial charge in [-0.05, 0) is 18.4 Å². The molecule has 0 radical (unpaired) electrons. The summed E-state index contributed by atoms with van der Waals surface area (Å²) in [5, 5.41) is 11.7. The van der Waals surface area contributed by atoms with Crippen molar-refractivity contribution in [1.29, 1.82) is 0 Å². The van der Waals surface area contributed by atoms with Gasteiger partial charge in [0.1, 0.15) is 0 Å². The van der Waals surface area contributed by atoms with E-state index in [0.717, 1.165) is 11.8 Å². The molecule has 5 nitrogen and oxygen atoms in total. The first-order valence-corrected chi connectivity index (χ1v) is 9.39. The number of aromatic nitrogens is 2. The number of nitrogens with zero attached hydrogens (tertiary/aromatic N) is 2. The summed E-state index contributed by atoms with van der Waals surface area (Å²) in [6.45, 7) is 0. The van der Waals surface area contributed by atoms with Crippen LogP contribution in [0.2, 0.25) is 15.1 Å². The molecule has 118 valence electrons. The first-order chi connectivity index (χ1) is 10.5. The lowest BCUT2D eigenvalue weighted by Crippen LogP contribution is -2.14. The lowest BCUT2D eigenvalue weighted by Gasteiger charge is -2.07. The Bertz CT molecular complexity index is 682. The minimum absolute atomic E-state index is 0.109. The monoisotopic (exact) mass is 397 g/mol. The van der Waals surface area contributed by atoms with Gasteiger partial charge >= 0.3 is 0 Å². The van der Waals surface area contributed by atoms with Crippen molar-refractivity contribution >= 4 is 69.9 Å². The topological polar surface area (TPSA) is 68.0 Å². The number of carbonyl (C=O) groups excluding carboxylic acids is 1. The zero-order chi connectivity index (χ0) is 16.1. The highest BCUT2D eigenvalue weighted by molar-refractivity contribution is 7.99.